The van der Waals surface area contributed by atoms with Crippen molar-refractivity contribution in [1.29, 1.82) is 0 Å². The number of nitrogens with one attached hydrogen (secondary N) is 4. The monoisotopic (exact) mass is 527 g/mol. The molecule has 3 aromatic carbocycles. The number of aromatic nitrogens is 4. The molecule has 0 radical (unpaired) electrons. The molecule has 0 unspecified atom stereocenters. The van der Waals surface area contributed by atoms with Crippen LogP contribution in [0.1, 0.15) is 28.8 Å². The zero-order valence-corrected chi connectivity index (χ0v) is 21.3. The second-order valence-corrected chi connectivity index (χ2v) is 9.62. The van der Waals surface area contributed by atoms with Gasteiger partial charge in [-0.05, 0) is 55.8 Å². The number of H-pyrrole nitrogens is 1. The summed E-state index contributed by atoms with van der Waals surface area (Å²) in [6.07, 6.45) is 5.48. The Balaban J connectivity index is 1.26. The molecule has 10 heteroatoms. The zero-order valence-electron chi connectivity index (χ0n) is 20.5. The Morgan fingerprint density at radius 2 is 1.95 bits per heavy atom. The molecule has 0 aliphatic carbocycles. The molecular weight excluding hydrogens is 502 g/mol. The molecule has 192 valence electrons. The van der Waals surface area contributed by atoms with Crippen LogP contribution in [0.2, 0.25) is 5.02 Å². The van der Waals surface area contributed by atoms with Gasteiger partial charge in [-0.2, -0.15) is 5.10 Å². The van der Waals surface area contributed by atoms with E-state index in [2.05, 4.69) is 31.1 Å². The molecule has 3 heterocycles. The molecule has 1 amide bonds. The Bertz CT molecular complexity index is 1610. The highest BCUT2D eigenvalue weighted by molar-refractivity contribution is 6.31. The lowest BCUT2D eigenvalue weighted by Gasteiger charge is -2.24. The first-order chi connectivity index (χ1) is 18.6. The fraction of sp³-hybridized carbons (Fsp3) is 0.214. The standard InChI is InChI=1S/C28H26ClN7O2/c29-23-6-2-1-4-17(23)14-31-27(37)21-12-19(13-24-22(21)16-33-36-24)34-28-32-15-18-5-3-7-25(26(18)35-28)38-20-8-10-30-11-9-20/h1-7,12-13,15-16,20,30H,8-11,14H2,(H,31,37)(H,33,36)(H,32,34,35). The summed E-state index contributed by atoms with van der Waals surface area (Å²) >= 11 is 6.25. The third kappa shape index (κ3) is 5.11. The first-order valence-corrected chi connectivity index (χ1v) is 12.9. The summed E-state index contributed by atoms with van der Waals surface area (Å²) in [7, 11) is 0. The maximum absolute atomic E-state index is 13.2. The van der Waals surface area contributed by atoms with Gasteiger partial charge in [0.1, 0.15) is 17.4 Å². The summed E-state index contributed by atoms with van der Waals surface area (Å²) in [5.41, 5.74) is 3.42. The Labute approximate surface area is 224 Å². The smallest absolute Gasteiger partial charge is 0.252 e. The van der Waals surface area contributed by atoms with Crippen molar-refractivity contribution in [3.05, 3.63) is 83.1 Å². The molecule has 2 aromatic heterocycles. The molecule has 4 N–H and O–H groups in total. The lowest BCUT2D eigenvalue weighted by molar-refractivity contribution is 0.0952. The highest BCUT2D eigenvalue weighted by atomic mass is 35.5. The Morgan fingerprint density at radius 3 is 2.82 bits per heavy atom. The molecule has 1 aliphatic heterocycles. The van der Waals surface area contributed by atoms with Crippen LogP contribution in [0.5, 0.6) is 5.75 Å². The number of anilines is 2. The molecular formula is C28H26ClN7O2. The first-order valence-electron chi connectivity index (χ1n) is 12.5. The zero-order chi connectivity index (χ0) is 25.9. The Morgan fingerprint density at radius 1 is 1.08 bits per heavy atom. The molecule has 1 aliphatic rings. The summed E-state index contributed by atoms with van der Waals surface area (Å²) in [6.45, 7) is 2.20. The molecule has 9 nitrogen and oxygen atoms in total. The van der Waals surface area contributed by atoms with E-state index in [1.807, 2.05) is 42.5 Å². The molecule has 38 heavy (non-hydrogen) atoms. The van der Waals surface area contributed by atoms with Gasteiger partial charge < -0.3 is 20.7 Å². The van der Waals surface area contributed by atoms with Crippen molar-refractivity contribution in [3.8, 4) is 5.75 Å². The normalized spacial score (nSPS) is 14.0. The summed E-state index contributed by atoms with van der Waals surface area (Å²) in [5.74, 6) is 0.903. The van der Waals surface area contributed by atoms with Gasteiger partial charge in [-0.3, -0.25) is 9.89 Å². The molecule has 0 atom stereocenters. The molecule has 6 rings (SSSR count). The van der Waals surface area contributed by atoms with E-state index in [9.17, 15) is 4.79 Å². The SMILES string of the molecule is O=C(NCc1ccccc1Cl)c1cc(Nc2ncc3cccc(OC4CCNCC4)c3n2)cc2[nH]ncc12. The number of halogens is 1. The van der Waals surface area contributed by atoms with Gasteiger partial charge in [0.05, 0.1) is 17.3 Å². The second-order valence-electron chi connectivity index (χ2n) is 9.21. The van der Waals surface area contributed by atoms with Crippen LogP contribution in [0.4, 0.5) is 11.6 Å². The van der Waals surface area contributed by atoms with Gasteiger partial charge in [-0.1, -0.05) is 41.9 Å². The minimum atomic E-state index is -0.239. The first kappa shape index (κ1) is 24.1. The van der Waals surface area contributed by atoms with Crippen molar-refractivity contribution in [1.82, 2.24) is 30.8 Å². The van der Waals surface area contributed by atoms with E-state index in [0.29, 0.717) is 39.7 Å². The van der Waals surface area contributed by atoms with Gasteiger partial charge in [0.15, 0.2) is 0 Å². The van der Waals surface area contributed by atoms with Gasteiger partial charge in [-0.15, -0.1) is 0 Å². The predicted octanol–water partition coefficient (Wildman–Crippen LogP) is 4.96. The van der Waals surface area contributed by atoms with Crippen LogP contribution in [-0.4, -0.2) is 45.3 Å². The van der Waals surface area contributed by atoms with Crippen molar-refractivity contribution < 1.29 is 9.53 Å². The van der Waals surface area contributed by atoms with Gasteiger partial charge >= 0.3 is 0 Å². The van der Waals surface area contributed by atoms with E-state index < -0.39 is 0 Å². The van der Waals surface area contributed by atoms with Crippen LogP contribution in [0.15, 0.2) is 67.0 Å². The van der Waals surface area contributed by atoms with Crippen molar-refractivity contribution in [3.63, 3.8) is 0 Å². The highest BCUT2D eigenvalue weighted by Gasteiger charge is 2.18. The van der Waals surface area contributed by atoms with Crippen LogP contribution in [-0.2, 0) is 6.54 Å². The summed E-state index contributed by atoms with van der Waals surface area (Å²) in [4.78, 5) is 22.4. The molecule has 1 fully saturated rings. The second kappa shape index (κ2) is 10.6. The highest BCUT2D eigenvalue weighted by Crippen LogP contribution is 2.29. The third-order valence-corrected chi connectivity index (χ3v) is 6.98. The molecule has 5 aromatic rings. The number of fused-ring (bicyclic) bond motifs is 2. The molecule has 0 saturated carbocycles. The van der Waals surface area contributed by atoms with Crippen LogP contribution < -0.4 is 20.7 Å². The van der Waals surface area contributed by atoms with Gasteiger partial charge in [0.25, 0.3) is 5.91 Å². The van der Waals surface area contributed by atoms with E-state index in [4.69, 9.17) is 21.3 Å². The number of nitrogens with zero attached hydrogens (tertiary/aromatic N) is 3. The average molecular weight is 528 g/mol. The number of hydrogen-bond acceptors (Lipinski definition) is 7. The quantitative estimate of drug-likeness (QED) is 0.236. The van der Waals surface area contributed by atoms with Crippen LogP contribution in [0, 0.1) is 0 Å². The topological polar surface area (TPSA) is 117 Å². The van der Waals surface area contributed by atoms with E-state index in [1.54, 1.807) is 24.5 Å². The summed E-state index contributed by atoms with van der Waals surface area (Å²) in [6, 6.07) is 16.9. The maximum Gasteiger partial charge on any atom is 0.252 e. The number of rotatable bonds is 7. The van der Waals surface area contributed by atoms with Crippen molar-refractivity contribution >= 4 is 50.9 Å². The van der Waals surface area contributed by atoms with Gasteiger partial charge in [-0.25, -0.2) is 9.97 Å². The van der Waals surface area contributed by atoms with E-state index >= 15 is 0 Å². The van der Waals surface area contributed by atoms with Crippen LogP contribution >= 0.6 is 11.6 Å². The summed E-state index contributed by atoms with van der Waals surface area (Å²) in [5, 5.41) is 18.9. The van der Waals surface area contributed by atoms with Crippen molar-refractivity contribution in [2.24, 2.45) is 0 Å². The minimum absolute atomic E-state index is 0.155. The Hall–Kier alpha value is -4.21. The maximum atomic E-state index is 13.2. The number of amides is 1. The predicted molar refractivity (Wildman–Crippen MR) is 148 cm³/mol. The number of hydrogen-bond donors (Lipinski definition) is 4. The van der Waals surface area contributed by atoms with Crippen LogP contribution in [0.3, 0.4) is 0 Å². The number of carbonyl (C=O) groups is 1. The number of aromatic amines is 1. The number of para-hydroxylation sites is 1. The molecule has 0 spiro atoms. The number of benzene rings is 3. The third-order valence-electron chi connectivity index (χ3n) is 6.61. The number of piperidine rings is 1. The minimum Gasteiger partial charge on any atom is -0.488 e. The summed E-state index contributed by atoms with van der Waals surface area (Å²) < 4.78 is 6.31. The fourth-order valence-electron chi connectivity index (χ4n) is 4.63. The van der Waals surface area contributed by atoms with E-state index in [-0.39, 0.29) is 12.0 Å². The van der Waals surface area contributed by atoms with E-state index in [0.717, 1.165) is 48.1 Å². The Kier molecular flexibility index (Phi) is 6.76. The lowest BCUT2D eigenvalue weighted by atomic mass is 10.1. The van der Waals surface area contributed by atoms with Gasteiger partial charge in [0.2, 0.25) is 5.95 Å². The number of carbonyl (C=O) groups excluding carboxylic acids is 1. The fourth-order valence-corrected chi connectivity index (χ4v) is 4.83. The van der Waals surface area contributed by atoms with Gasteiger partial charge in [0, 0.05) is 34.2 Å². The average Bonchev–Trinajstić information content (AvgIpc) is 3.42. The largest absolute Gasteiger partial charge is 0.488 e. The van der Waals surface area contributed by atoms with Crippen molar-refractivity contribution in [2.45, 2.75) is 25.5 Å². The van der Waals surface area contributed by atoms with Crippen LogP contribution in [0.25, 0.3) is 21.8 Å². The van der Waals surface area contributed by atoms with Crippen molar-refractivity contribution in [2.75, 3.05) is 18.4 Å². The number of ether oxygens (including phenoxy) is 1. The molecule has 1 saturated heterocycles. The van der Waals surface area contributed by atoms with E-state index in [1.165, 1.54) is 0 Å². The lowest BCUT2D eigenvalue weighted by Crippen LogP contribution is -2.34. The molecule has 0 bridgehead atoms.